The minimum absolute atomic E-state index is 0.122. The van der Waals surface area contributed by atoms with Gasteiger partial charge in [0.2, 0.25) is 10.0 Å². The molecule has 32 heavy (non-hydrogen) atoms. The average molecular weight is 454 g/mol. The normalized spacial score (nSPS) is 19.7. The number of benzene rings is 1. The summed E-state index contributed by atoms with van der Waals surface area (Å²) in [6.45, 7) is 4.64. The van der Waals surface area contributed by atoms with Crippen molar-refractivity contribution in [2.75, 3.05) is 6.54 Å². The van der Waals surface area contributed by atoms with Crippen molar-refractivity contribution in [2.45, 2.75) is 37.8 Å². The fraction of sp³-hybridized carbons (Fsp3) is 0.304. The van der Waals surface area contributed by atoms with Gasteiger partial charge in [-0.25, -0.2) is 17.8 Å². The van der Waals surface area contributed by atoms with Crippen molar-refractivity contribution in [3.63, 3.8) is 0 Å². The summed E-state index contributed by atoms with van der Waals surface area (Å²) in [4.78, 5) is 4.86. The lowest BCUT2D eigenvalue weighted by Crippen LogP contribution is -2.34. The Kier molecular flexibility index (Phi) is 5.10. The molecule has 1 unspecified atom stereocenters. The second-order valence-corrected chi connectivity index (χ2v) is 10.4. The van der Waals surface area contributed by atoms with Crippen LogP contribution in [0.2, 0.25) is 0 Å². The maximum Gasteiger partial charge on any atom is 0.243 e. The van der Waals surface area contributed by atoms with Crippen LogP contribution < -0.4 is 0 Å². The molecule has 1 aliphatic rings. The Labute approximate surface area is 185 Å². The monoisotopic (exact) mass is 453 g/mol. The van der Waals surface area contributed by atoms with Crippen molar-refractivity contribution in [2.24, 2.45) is 5.92 Å². The van der Waals surface area contributed by atoms with Gasteiger partial charge in [-0.2, -0.15) is 9.40 Å². The third-order valence-corrected chi connectivity index (χ3v) is 8.19. The van der Waals surface area contributed by atoms with Crippen LogP contribution in [-0.2, 0) is 16.6 Å². The second kappa shape index (κ2) is 7.83. The Bertz CT molecular complexity index is 1380. The van der Waals surface area contributed by atoms with E-state index in [4.69, 9.17) is 4.98 Å². The lowest BCUT2D eigenvalue weighted by atomic mass is 10.1. The number of hydrogen-bond acceptors (Lipinski definition) is 4. The van der Waals surface area contributed by atoms with Gasteiger partial charge in [0.15, 0.2) is 0 Å². The topological polar surface area (TPSA) is 83.9 Å². The Hall–Kier alpha value is -3.04. The van der Waals surface area contributed by atoms with E-state index < -0.39 is 15.8 Å². The minimum Gasteiger partial charge on any atom is -0.346 e. The van der Waals surface area contributed by atoms with Crippen molar-refractivity contribution < 1.29 is 12.8 Å². The first-order chi connectivity index (χ1) is 15.3. The molecule has 4 aromatic rings. The van der Waals surface area contributed by atoms with E-state index in [1.54, 1.807) is 17.4 Å². The summed E-state index contributed by atoms with van der Waals surface area (Å²) < 4.78 is 43.7. The molecule has 166 valence electrons. The molecule has 0 amide bonds. The zero-order valence-corrected chi connectivity index (χ0v) is 18.7. The van der Waals surface area contributed by atoms with Crippen LogP contribution >= 0.6 is 0 Å². The third kappa shape index (κ3) is 3.61. The molecule has 3 aromatic heterocycles. The van der Waals surface area contributed by atoms with Crippen LogP contribution in [0, 0.1) is 18.7 Å². The van der Waals surface area contributed by atoms with Crippen LogP contribution in [0.4, 0.5) is 4.39 Å². The number of aromatic amines is 1. The highest BCUT2D eigenvalue weighted by atomic mass is 32.2. The predicted octanol–water partition coefficient (Wildman–Crippen LogP) is 3.97. The van der Waals surface area contributed by atoms with Crippen LogP contribution in [0.3, 0.4) is 0 Å². The number of nitrogens with one attached hydrogen (secondary N) is 1. The van der Waals surface area contributed by atoms with Gasteiger partial charge in [-0.15, -0.1) is 0 Å². The maximum absolute atomic E-state index is 13.6. The van der Waals surface area contributed by atoms with Crippen LogP contribution in [0.5, 0.6) is 0 Å². The van der Waals surface area contributed by atoms with Crippen molar-refractivity contribution in [1.29, 1.82) is 0 Å². The molecule has 4 heterocycles. The molecule has 7 nitrogen and oxygen atoms in total. The number of H-pyrrole nitrogens is 1. The van der Waals surface area contributed by atoms with Gasteiger partial charge in [0.05, 0.1) is 27.8 Å². The zero-order valence-electron chi connectivity index (χ0n) is 17.9. The smallest absolute Gasteiger partial charge is 0.243 e. The first-order valence-corrected chi connectivity index (χ1v) is 12.0. The average Bonchev–Trinajstić information content (AvgIpc) is 3.50. The summed E-state index contributed by atoms with van der Waals surface area (Å²) in [6, 6.07) is 9.84. The lowest BCUT2D eigenvalue weighted by Gasteiger charge is -2.21. The van der Waals surface area contributed by atoms with Crippen molar-refractivity contribution in [3.8, 4) is 11.3 Å². The first-order valence-electron chi connectivity index (χ1n) is 10.6. The number of pyridine rings is 1. The lowest BCUT2D eigenvalue weighted by molar-refractivity contribution is 0.399. The Morgan fingerprint density at radius 3 is 2.81 bits per heavy atom. The van der Waals surface area contributed by atoms with Gasteiger partial charge in [0.25, 0.3) is 0 Å². The van der Waals surface area contributed by atoms with Crippen molar-refractivity contribution in [3.05, 3.63) is 66.4 Å². The standard InChI is InChI=1S/C23H24FN5O2S/c1-15-9-19(3-4-20(15)24)32(30,31)29-14-17(10-16(29)2)13-28-8-7-22-23(28)6-5-21(27-22)18-11-25-26-12-18/h3-9,11-12,16-17H,10,13-14H2,1-2H3,(H,25,26)/t16-,17?/m1/s1. The molecule has 1 N–H and O–H groups in total. The van der Waals surface area contributed by atoms with Gasteiger partial charge in [-0.1, -0.05) is 0 Å². The molecule has 0 saturated carbocycles. The van der Waals surface area contributed by atoms with Gasteiger partial charge >= 0.3 is 0 Å². The summed E-state index contributed by atoms with van der Waals surface area (Å²) >= 11 is 0. The summed E-state index contributed by atoms with van der Waals surface area (Å²) in [7, 11) is -3.68. The fourth-order valence-corrected chi connectivity index (χ4v) is 6.36. The molecule has 0 spiro atoms. The number of aryl methyl sites for hydroxylation is 1. The van der Waals surface area contributed by atoms with Gasteiger partial charge in [-0.3, -0.25) is 5.10 Å². The second-order valence-electron chi connectivity index (χ2n) is 8.49. The number of aromatic nitrogens is 4. The predicted molar refractivity (Wildman–Crippen MR) is 120 cm³/mol. The Morgan fingerprint density at radius 1 is 1.22 bits per heavy atom. The SMILES string of the molecule is Cc1cc(S(=O)(=O)N2CC(Cn3ccc4nc(-c5cn[nH]c5)ccc43)C[C@H]2C)ccc1F. The summed E-state index contributed by atoms with van der Waals surface area (Å²) in [6.07, 6.45) is 6.31. The highest BCUT2D eigenvalue weighted by molar-refractivity contribution is 7.89. The molecule has 9 heteroatoms. The molecule has 5 rings (SSSR count). The molecule has 1 saturated heterocycles. The van der Waals surface area contributed by atoms with Crippen LogP contribution in [0.1, 0.15) is 18.9 Å². The van der Waals surface area contributed by atoms with Crippen molar-refractivity contribution >= 4 is 21.1 Å². The number of fused-ring (bicyclic) bond motifs is 1. The third-order valence-electron chi connectivity index (χ3n) is 6.21. The van der Waals surface area contributed by atoms with E-state index in [0.717, 1.165) is 28.7 Å². The van der Waals surface area contributed by atoms with Gasteiger partial charge in [0, 0.05) is 37.1 Å². The Morgan fingerprint density at radius 2 is 2.06 bits per heavy atom. The van der Waals surface area contributed by atoms with Crippen molar-refractivity contribution in [1.82, 2.24) is 24.1 Å². The first kappa shape index (κ1) is 20.8. The molecule has 0 aliphatic carbocycles. The largest absolute Gasteiger partial charge is 0.346 e. The highest BCUT2D eigenvalue weighted by Crippen LogP contribution is 2.32. The minimum atomic E-state index is -3.68. The zero-order chi connectivity index (χ0) is 22.5. The van der Waals surface area contributed by atoms with Crippen LogP contribution in [0.25, 0.3) is 22.3 Å². The number of rotatable bonds is 5. The van der Waals surface area contributed by atoms with Gasteiger partial charge < -0.3 is 4.57 Å². The molecular weight excluding hydrogens is 429 g/mol. The molecular formula is C23H24FN5O2S. The van der Waals surface area contributed by atoms with E-state index in [9.17, 15) is 12.8 Å². The van der Waals surface area contributed by atoms with Gasteiger partial charge in [0.1, 0.15) is 5.82 Å². The summed E-state index contributed by atoms with van der Waals surface area (Å²) in [5, 5.41) is 6.77. The molecule has 0 bridgehead atoms. The van der Waals surface area contributed by atoms with E-state index in [2.05, 4.69) is 14.8 Å². The molecule has 0 radical (unpaired) electrons. The molecule has 2 atom stereocenters. The molecule has 1 aromatic carbocycles. The van der Waals surface area contributed by atoms with E-state index in [1.807, 2.05) is 37.5 Å². The molecule has 1 aliphatic heterocycles. The van der Waals surface area contributed by atoms with Crippen LogP contribution in [-0.4, -0.2) is 45.1 Å². The number of sulfonamides is 1. The van der Waals surface area contributed by atoms with Gasteiger partial charge in [-0.05, 0) is 68.1 Å². The fourth-order valence-electron chi connectivity index (χ4n) is 4.55. The summed E-state index contributed by atoms with van der Waals surface area (Å²) in [5.74, 6) is -0.231. The van der Waals surface area contributed by atoms with E-state index >= 15 is 0 Å². The van der Waals surface area contributed by atoms with E-state index in [-0.39, 0.29) is 16.9 Å². The highest BCUT2D eigenvalue weighted by Gasteiger charge is 2.38. The number of nitrogens with zero attached hydrogens (tertiary/aromatic N) is 4. The summed E-state index contributed by atoms with van der Waals surface area (Å²) in [5.41, 5.74) is 4.02. The Balaban J connectivity index is 1.36. The number of halogens is 1. The van der Waals surface area contributed by atoms with Crippen LogP contribution in [0.15, 0.2) is 59.9 Å². The quantitative estimate of drug-likeness (QED) is 0.496. The van der Waals surface area contributed by atoms with E-state index in [1.165, 1.54) is 18.2 Å². The molecule has 1 fully saturated rings. The number of hydrogen-bond donors (Lipinski definition) is 1. The maximum atomic E-state index is 13.6. The van der Waals surface area contributed by atoms with E-state index in [0.29, 0.717) is 18.7 Å².